The molecule has 2 saturated carbocycles. The van der Waals surface area contributed by atoms with Gasteiger partial charge in [0.25, 0.3) is 0 Å². The Morgan fingerprint density at radius 3 is 1.25 bits per heavy atom. The number of hydrogen-bond donors (Lipinski definition) is 0. The van der Waals surface area contributed by atoms with Crippen molar-refractivity contribution in [2.75, 3.05) is 0 Å². The molecule has 0 saturated heterocycles. The van der Waals surface area contributed by atoms with Crippen LogP contribution >= 0.6 is 17.0 Å². The van der Waals surface area contributed by atoms with E-state index in [1.807, 2.05) is 0 Å². The maximum atomic E-state index is 4.93. The zero-order valence-corrected chi connectivity index (χ0v) is 41.1. The van der Waals surface area contributed by atoms with Crippen molar-refractivity contribution >= 4 is 69.6 Å². The molecule has 0 N–H and O–H groups in total. The summed E-state index contributed by atoms with van der Waals surface area (Å²) in [6.07, 6.45) is 16.7. The maximum absolute atomic E-state index is 4.93. The molecule has 4 heteroatoms. The fourth-order valence-electron chi connectivity index (χ4n) is 10.1. The van der Waals surface area contributed by atoms with Crippen molar-refractivity contribution in [3.05, 3.63) is 156 Å². The molecule has 0 heterocycles. The van der Waals surface area contributed by atoms with E-state index in [4.69, 9.17) is 17.0 Å². The van der Waals surface area contributed by atoms with Crippen LogP contribution in [0.5, 0.6) is 0 Å². The Morgan fingerprint density at radius 2 is 0.850 bits per heavy atom. The van der Waals surface area contributed by atoms with Crippen LogP contribution < -0.4 is 0 Å². The third-order valence-electron chi connectivity index (χ3n) is 12.7. The normalized spacial score (nSPS) is 14.5. The van der Waals surface area contributed by atoms with E-state index in [9.17, 15) is 0 Å². The third-order valence-corrected chi connectivity index (χ3v) is 12.7. The average molecular weight is 923 g/mol. The van der Waals surface area contributed by atoms with Gasteiger partial charge in [0, 0.05) is 9.52 Å². The summed E-state index contributed by atoms with van der Waals surface area (Å²) in [4.78, 5) is 0. The zero-order chi connectivity index (χ0) is 41.8. The van der Waals surface area contributed by atoms with E-state index in [2.05, 4.69) is 160 Å². The van der Waals surface area contributed by atoms with Crippen molar-refractivity contribution in [1.82, 2.24) is 0 Å². The van der Waals surface area contributed by atoms with E-state index >= 15 is 0 Å². The van der Waals surface area contributed by atoms with Crippen molar-refractivity contribution in [2.45, 2.75) is 104 Å². The molecule has 0 bridgehead atoms. The second kappa shape index (κ2) is 22.2. The summed E-state index contributed by atoms with van der Waals surface area (Å²) in [7, 11) is 11.0. The van der Waals surface area contributed by atoms with Crippen LogP contribution in [0.15, 0.2) is 133 Å². The number of rotatable bonds is 6. The number of aryl methyl sites for hydroxylation is 2. The van der Waals surface area contributed by atoms with Gasteiger partial charge in [-0.15, -0.1) is 56.9 Å². The van der Waals surface area contributed by atoms with E-state index in [1.165, 1.54) is 165 Å². The van der Waals surface area contributed by atoms with Crippen LogP contribution in [0.3, 0.4) is 0 Å². The van der Waals surface area contributed by atoms with Gasteiger partial charge in [-0.25, -0.2) is 0 Å². The number of hydrogen-bond acceptors (Lipinski definition) is 0. The van der Waals surface area contributed by atoms with Gasteiger partial charge in [0.2, 0.25) is 0 Å². The molecule has 0 aliphatic heterocycles. The van der Waals surface area contributed by atoms with Crippen LogP contribution in [-0.4, -0.2) is 9.52 Å². The molecule has 2 aliphatic rings. The first kappa shape index (κ1) is 44.8. The van der Waals surface area contributed by atoms with E-state index < -0.39 is 20.8 Å². The minimum atomic E-state index is -0.826. The van der Waals surface area contributed by atoms with Gasteiger partial charge in [0.1, 0.15) is 0 Å². The molecule has 2 aliphatic carbocycles. The number of halogens is 2. The quantitative estimate of drug-likeness (QED) is 0.115. The Hall–Kier alpha value is -3.26. The van der Waals surface area contributed by atoms with Crippen LogP contribution in [0.4, 0.5) is 0 Å². The van der Waals surface area contributed by atoms with Gasteiger partial charge in [-0.05, 0) is 71.2 Å². The summed E-state index contributed by atoms with van der Waals surface area (Å²) in [6.45, 7) is 8.75. The summed E-state index contributed by atoms with van der Waals surface area (Å²) >= 11 is -0.826. The van der Waals surface area contributed by atoms with Crippen LogP contribution in [0.1, 0.15) is 86.5 Å². The van der Waals surface area contributed by atoms with Gasteiger partial charge in [-0.3, -0.25) is 0 Å². The molecule has 0 atom stereocenters. The van der Waals surface area contributed by atoms with Gasteiger partial charge in [-0.2, -0.15) is 12.1 Å². The van der Waals surface area contributed by atoms with Gasteiger partial charge in [0.15, 0.2) is 0 Å². The predicted molar refractivity (Wildman–Crippen MR) is 264 cm³/mol. The van der Waals surface area contributed by atoms with E-state index in [0.717, 1.165) is 21.4 Å². The Labute approximate surface area is 381 Å². The fraction of sp³-hybridized carbons (Fsp3) is 0.321. The number of benzene rings is 6. The van der Waals surface area contributed by atoms with Crippen molar-refractivity contribution in [2.24, 2.45) is 11.8 Å². The molecular formula is C56H60Cl2SiZr. The Bertz CT molecular complexity index is 2410. The Morgan fingerprint density at radius 1 is 0.483 bits per heavy atom. The second-order valence-corrected chi connectivity index (χ2v) is 22.1. The van der Waals surface area contributed by atoms with Crippen LogP contribution in [0.2, 0.25) is 13.1 Å². The fourth-order valence-corrected chi connectivity index (χ4v) is 10.1. The first-order valence-electron chi connectivity index (χ1n) is 22.3. The molecule has 8 aromatic carbocycles. The van der Waals surface area contributed by atoms with E-state index in [-0.39, 0.29) is 0 Å². The van der Waals surface area contributed by atoms with Gasteiger partial charge in [0.05, 0.1) is 0 Å². The van der Waals surface area contributed by atoms with E-state index in [1.54, 1.807) is 0 Å². The summed E-state index contributed by atoms with van der Waals surface area (Å²) in [5.41, 5.74) is 11.2. The molecule has 10 rings (SSSR count). The summed E-state index contributed by atoms with van der Waals surface area (Å²) in [6, 6.07) is 50.2. The third kappa shape index (κ3) is 11.2. The van der Waals surface area contributed by atoms with Crippen molar-refractivity contribution in [3.8, 4) is 22.3 Å². The monoisotopic (exact) mass is 920 g/mol. The Kier molecular flexibility index (Phi) is 16.6. The molecule has 0 nitrogen and oxygen atoms in total. The summed E-state index contributed by atoms with van der Waals surface area (Å²) in [5.74, 6) is 1.77. The first-order chi connectivity index (χ1) is 29.4. The van der Waals surface area contributed by atoms with E-state index in [0.29, 0.717) is 0 Å². The topological polar surface area (TPSA) is 0 Å². The van der Waals surface area contributed by atoms with Crippen LogP contribution in [-0.2, 0) is 33.7 Å². The minimum absolute atomic E-state index is 0.826. The SMILES string of the molecule is C[Si]C.Cc1cc(-c2cccc3ccccc23)c2cc(CC3CCCCC3)[cH-]c2c1.Cc1cc(-c2cccc3ccccc23)c2cc(CC3CCCCC3)[cH-]c2c1.[Cl][Zr+2][Cl]. The molecule has 0 amide bonds. The second-order valence-electron chi connectivity index (χ2n) is 17.4. The molecule has 306 valence electrons. The molecule has 0 aromatic heterocycles. The average Bonchev–Trinajstić information content (AvgIpc) is 3.87. The zero-order valence-electron chi connectivity index (χ0n) is 36.1. The molecular weight excluding hydrogens is 863 g/mol. The van der Waals surface area contributed by atoms with Crippen molar-refractivity contribution in [3.63, 3.8) is 0 Å². The standard InChI is InChI=1S/2C27H27.C2H6Si.2ClH.Zr/c2*1-19-14-23-17-21(16-20-8-3-2-4-9-20)18-26(23)27(15-19)25-13-7-11-22-10-5-6-12-24(22)25;1-3-2;;;/h2*5-7,10-15,17-18,20H,2-4,8-9,16H2,1H3;1-2H3;2*1H;/q2*-1;;;;+4/p-2. The van der Waals surface area contributed by atoms with Crippen molar-refractivity contribution < 1.29 is 20.8 Å². The van der Waals surface area contributed by atoms with Gasteiger partial charge >= 0.3 is 37.9 Å². The molecule has 2 fully saturated rings. The van der Waals surface area contributed by atoms with Gasteiger partial charge in [-0.1, -0.05) is 197 Å². The predicted octanol–water partition coefficient (Wildman–Crippen LogP) is 17.8. The summed E-state index contributed by atoms with van der Waals surface area (Å²) in [5, 5.41) is 11.0. The van der Waals surface area contributed by atoms with Crippen LogP contribution in [0, 0.1) is 25.7 Å². The molecule has 8 aromatic rings. The molecule has 60 heavy (non-hydrogen) atoms. The first-order valence-corrected chi connectivity index (χ1v) is 30.6. The molecule has 0 unspecified atom stereocenters. The number of fused-ring (bicyclic) bond motifs is 4. The summed E-state index contributed by atoms with van der Waals surface area (Å²) < 4.78 is 0. The Balaban J connectivity index is 0.000000161. The van der Waals surface area contributed by atoms with Crippen LogP contribution in [0.25, 0.3) is 65.3 Å². The van der Waals surface area contributed by atoms with Gasteiger partial charge < -0.3 is 0 Å². The molecule has 2 radical (unpaired) electrons. The molecule has 0 spiro atoms. The van der Waals surface area contributed by atoms with Crippen molar-refractivity contribution in [1.29, 1.82) is 0 Å².